The van der Waals surface area contributed by atoms with Crippen molar-refractivity contribution in [3.8, 4) is 0 Å². The monoisotopic (exact) mass is 183 g/mol. The smallest absolute Gasteiger partial charge is 0.130 e. The van der Waals surface area contributed by atoms with Crippen LogP contribution in [0.2, 0.25) is 0 Å². The van der Waals surface area contributed by atoms with Crippen LogP contribution in [-0.4, -0.2) is 11.8 Å². The first kappa shape index (κ1) is 10.2. The first-order valence-electron chi connectivity index (χ1n) is 4.55. The highest BCUT2D eigenvalue weighted by Gasteiger charge is 2.56. The second-order valence-electron chi connectivity index (χ2n) is 4.52. The van der Waals surface area contributed by atoms with Crippen LogP contribution in [-0.2, 0) is 9.59 Å². The average Bonchev–Trinajstić information content (AvgIpc) is 2.36. The maximum Gasteiger partial charge on any atom is 0.130 e. The Kier molecular flexibility index (Phi) is 2.46. The van der Waals surface area contributed by atoms with Crippen molar-refractivity contribution in [3.63, 3.8) is 0 Å². The lowest BCUT2D eigenvalue weighted by Gasteiger charge is -2.02. The number of carboxylic acids is 1. The molecule has 3 heteroatoms. The van der Waals surface area contributed by atoms with E-state index in [1.165, 1.54) is 0 Å². The molecule has 0 saturated heterocycles. The lowest BCUT2D eigenvalue weighted by molar-refractivity contribution is -0.306. The maximum absolute atomic E-state index is 10.9. The zero-order valence-electron chi connectivity index (χ0n) is 8.29. The van der Waals surface area contributed by atoms with Crippen LogP contribution in [0.5, 0.6) is 0 Å². The molecule has 74 valence electrons. The van der Waals surface area contributed by atoms with Gasteiger partial charge in [0, 0.05) is 12.4 Å². The number of ketones is 1. The van der Waals surface area contributed by atoms with E-state index in [1.807, 2.05) is 13.8 Å². The van der Waals surface area contributed by atoms with Gasteiger partial charge in [-0.2, -0.15) is 0 Å². The molecule has 0 aromatic rings. The van der Waals surface area contributed by atoms with Gasteiger partial charge in [0.25, 0.3) is 0 Å². The Morgan fingerprint density at radius 2 is 1.69 bits per heavy atom. The topological polar surface area (TPSA) is 57.2 Å². The Bertz CT molecular complexity index is 219. The predicted octanol–water partition coefficient (Wildman–Crippen LogP) is 0.378. The molecule has 0 aromatic carbocycles. The fourth-order valence-electron chi connectivity index (χ4n) is 2.16. The Morgan fingerprint density at radius 1 is 1.23 bits per heavy atom. The number of Topliss-reactive ketones (excluding diaryl/α,β-unsaturated/α-hetero) is 1. The normalized spacial score (nSPS) is 29.8. The van der Waals surface area contributed by atoms with Crippen LogP contribution in [0.1, 0.15) is 33.6 Å². The summed E-state index contributed by atoms with van der Waals surface area (Å²) < 4.78 is 0. The minimum atomic E-state index is -1.01. The number of carbonyl (C=O) groups excluding carboxylic acids is 2. The summed E-state index contributed by atoms with van der Waals surface area (Å²) in [5.74, 6) is -0.507. The summed E-state index contributed by atoms with van der Waals surface area (Å²) in [5, 5.41) is 10.4. The van der Waals surface area contributed by atoms with Crippen molar-refractivity contribution < 1.29 is 14.7 Å². The third-order valence-corrected chi connectivity index (χ3v) is 3.18. The molecule has 0 spiro atoms. The number of carboxylic acid groups (broad SMARTS) is 1. The van der Waals surface area contributed by atoms with E-state index >= 15 is 0 Å². The first-order chi connectivity index (χ1) is 5.85. The van der Waals surface area contributed by atoms with Gasteiger partial charge < -0.3 is 14.7 Å². The van der Waals surface area contributed by atoms with Crippen LogP contribution in [0.3, 0.4) is 0 Å². The number of rotatable bonds is 4. The van der Waals surface area contributed by atoms with E-state index in [0.717, 1.165) is 0 Å². The summed E-state index contributed by atoms with van der Waals surface area (Å²) in [7, 11) is 0. The maximum atomic E-state index is 10.9. The van der Waals surface area contributed by atoms with Gasteiger partial charge in [-0.05, 0) is 30.6 Å². The van der Waals surface area contributed by atoms with E-state index in [0.29, 0.717) is 6.42 Å². The molecule has 1 aliphatic rings. The van der Waals surface area contributed by atoms with E-state index in [-0.39, 0.29) is 29.5 Å². The second-order valence-corrected chi connectivity index (χ2v) is 4.52. The number of carbonyl (C=O) groups is 2. The van der Waals surface area contributed by atoms with E-state index in [4.69, 9.17) is 0 Å². The molecule has 3 nitrogen and oxygen atoms in total. The van der Waals surface area contributed by atoms with Crippen LogP contribution in [0.25, 0.3) is 0 Å². The lowest BCUT2D eigenvalue weighted by Crippen LogP contribution is -2.23. The van der Waals surface area contributed by atoms with Crippen LogP contribution >= 0.6 is 0 Å². The predicted molar refractivity (Wildman–Crippen MR) is 45.7 cm³/mol. The molecule has 0 radical (unpaired) electrons. The molecule has 0 amide bonds. The molecule has 1 rings (SSSR count). The van der Waals surface area contributed by atoms with Gasteiger partial charge in [0.2, 0.25) is 0 Å². The molecule has 13 heavy (non-hydrogen) atoms. The Hall–Kier alpha value is -0.860. The van der Waals surface area contributed by atoms with Gasteiger partial charge in [-0.1, -0.05) is 13.8 Å². The van der Waals surface area contributed by atoms with E-state index in [1.54, 1.807) is 6.92 Å². The van der Waals surface area contributed by atoms with Gasteiger partial charge in [-0.15, -0.1) is 0 Å². The minimum Gasteiger partial charge on any atom is -0.550 e. The summed E-state index contributed by atoms with van der Waals surface area (Å²) in [6.45, 7) is 5.56. The molecular weight excluding hydrogens is 168 g/mol. The van der Waals surface area contributed by atoms with Crippen LogP contribution in [0, 0.1) is 17.3 Å². The van der Waals surface area contributed by atoms with Crippen molar-refractivity contribution in [2.75, 3.05) is 0 Å². The highest BCUT2D eigenvalue weighted by Crippen LogP contribution is 2.61. The van der Waals surface area contributed by atoms with Crippen molar-refractivity contribution in [2.24, 2.45) is 17.3 Å². The van der Waals surface area contributed by atoms with Gasteiger partial charge in [-0.3, -0.25) is 0 Å². The summed E-state index contributed by atoms with van der Waals surface area (Å²) in [5.41, 5.74) is 0.00569. The number of hydrogen-bond donors (Lipinski definition) is 0. The van der Waals surface area contributed by atoms with Crippen molar-refractivity contribution in [1.29, 1.82) is 0 Å². The van der Waals surface area contributed by atoms with Crippen LogP contribution in [0.15, 0.2) is 0 Å². The van der Waals surface area contributed by atoms with E-state index in [2.05, 4.69) is 0 Å². The molecule has 1 fully saturated rings. The largest absolute Gasteiger partial charge is 0.550 e. The summed E-state index contributed by atoms with van der Waals surface area (Å²) in [6, 6.07) is 0. The minimum absolute atomic E-state index is 0.00569. The fraction of sp³-hybridized carbons (Fsp3) is 0.800. The third-order valence-electron chi connectivity index (χ3n) is 3.18. The zero-order valence-corrected chi connectivity index (χ0v) is 8.29. The number of aliphatic carboxylic acids is 1. The Morgan fingerprint density at radius 3 is 2.08 bits per heavy atom. The van der Waals surface area contributed by atoms with E-state index < -0.39 is 5.97 Å². The molecule has 0 heterocycles. The zero-order chi connectivity index (χ0) is 10.2. The standard InChI is InChI=1S/C10H16O3/c1-6(11)4-7-8(5-9(12)13)10(7,2)3/h7-8H,4-5H2,1-3H3,(H,12,13)/p-1/t7-,8+/m0/s1. The molecule has 0 N–H and O–H groups in total. The quantitative estimate of drug-likeness (QED) is 0.633. The van der Waals surface area contributed by atoms with Crippen LogP contribution in [0.4, 0.5) is 0 Å². The van der Waals surface area contributed by atoms with Crippen molar-refractivity contribution in [2.45, 2.75) is 33.6 Å². The van der Waals surface area contributed by atoms with Gasteiger partial charge in [0.05, 0.1) is 0 Å². The molecular formula is C10H15O3-. The summed E-state index contributed by atoms with van der Waals surface area (Å²) >= 11 is 0. The summed E-state index contributed by atoms with van der Waals surface area (Å²) in [6.07, 6.45) is 0.593. The Labute approximate surface area is 78.1 Å². The van der Waals surface area contributed by atoms with Gasteiger partial charge in [0.1, 0.15) is 5.78 Å². The van der Waals surface area contributed by atoms with Gasteiger partial charge >= 0.3 is 0 Å². The van der Waals surface area contributed by atoms with Gasteiger partial charge in [0.15, 0.2) is 0 Å². The highest BCUT2D eigenvalue weighted by molar-refractivity contribution is 5.76. The second kappa shape index (κ2) is 3.13. The number of hydrogen-bond acceptors (Lipinski definition) is 3. The average molecular weight is 183 g/mol. The van der Waals surface area contributed by atoms with Crippen LogP contribution < -0.4 is 5.11 Å². The SMILES string of the molecule is CC(=O)C[C@H]1[C@@H](CC(=O)[O-])C1(C)C. The third kappa shape index (κ3) is 2.08. The molecule has 0 aliphatic heterocycles. The van der Waals surface area contributed by atoms with Crippen molar-refractivity contribution >= 4 is 11.8 Å². The lowest BCUT2D eigenvalue weighted by atomic mass is 10.1. The van der Waals surface area contributed by atoms with Crippen molar-refractivity contribution in [3.05, 3.63) is 0 Å². The van der Waals surface area contributed by atoms with Gasteiger partial charge in [-0.25, -0.2) is 0 Å². The first-order valence-corrected chi connectivity index (χ1v) is 4.55. The molecule has 1 aliphatic carbocycles. The summed E-state index contributed by atoms with van der Waals surface area (Å²) in [4.78, 5) is 21.2. The fourth-order valence-corrected chi connectivity index (χ4v) is 2.16. The molecule has 0 aromatic heterocycles. The van der Waals surface area contributed by atoms with Crippen molar-refractivity contribution in [1.82, 2.24) is 0 Å². The molecule has 1 saturated carbocycles. The molecule has 0 bridgehead atoms. The highest BCUT2D eigenvalue weighted by atomic mass is 16.4. The molecule has 2 atom stereocenters. The Balaban J connectivity index is 2.50. The van der Waals surface area contributed by atoms with E-state index in [9.17, 15) is 14.7 Å². The molecule has 0 unspecified atom stereocenters.